The van der Waals surface area contributed by atoms with Gasteiger partial charge in [-0.25, -0.2) is 0 Å². The van der Waals surface area contributed by atoms with E-state index < -0.39 is 0 Å². The zero-order chi connectivity index (χ0) is 14.1. The van der Waals surface area contributed by atoms with Gasteiger partial charge in [-0.2, -0.15) is 0 Å². The molecule has 106 valence electrons. The fourth-order valence-corrected chi connectivity index (χ4v) is 2.64. The largest absolute Gasteiger partial charge is 0.399 e. The molecule has 1 amide bonds. The Hall–Kier alpha value is -2.01. The van der Waals surface area contributed by atoms with Crippen molar-refractivity contribution in [3.63, 3.8) is 0 Å². The monoisotopic (exact) mass is 272 g/mol. The van der Waals surface area contributed by atoms with Crippen molar-refractivity contribution in [3.05, 3.63) is 30.0 Å². The molecule has 2 aromatic rings. The van der Waals surface area contributed by atoms with Crippen LogP contribution in [0.15, 0.2) is 24.3 Å². The summed E-state index contributed by atoms with van der Waals surface area (Å²) < 4.78 is 0. The van der Waals surface area contributed by atoms with E-state index in [4.69, 9.17) is 5.73 Å². The van der Waals surface area contributed by atoms with Gasteiger partial charge in [-0.3, -0.25) is 4.79 Å². The van der Waals surface area contributed by atoms with Gasteiger partial charge in [0, 0.05) is 48.5 Å². The van der Waals surface area contributed by atoms with Crippen LogP contribution >= 0.6 is 0 Å². The number of nitrogens with zero attached hydrogens (tertiary/aromatic N) is 2. The predicted molar refractivity (Wildman–Crippen MR) is 80.5 cm³/mol. The average molecular weight is 272 g/mol. The lowest BCUT2D eigenvalue weighted by molar-refractivity contribution is -0.132. The van der Waals surface area contributed by atoms with Gasteiger partial charge in [0.15, 0.2) is 0 Å². The molecule has 1 fully saturated rings. The molecule has 2 heterocycles. The molecular formula is C15H20N4O. The maximum atomic E-state index is 12.3. The van der Waals surface area contributed by atoms with Gasteiger partial charge in [0.05, 0.1) is 6.42 Å². The zero-order valence-corrected chi connectivity index (χ0v) is 11.7. The SMILES string of the molecule is CN1CCN(C(=O)Cc2cc3cc(N)ccc3[nH]2)CC1. The van der Waals surface area contributed by atoms with Crippen molar-refractivity contribution < 1.29 is 4.79 Å². The number of aromatic amines is 1. The van der Waals surface area contributed by atoms with Crippen LogP contribution in [0, 0.1) is 0 Å². The van der Waals surface area contributed by atoms with Crippen LogP contribution in [-0.2, 0) is 11.2 Å². The predicted octanol–water partition coefficient (Wildman–Crippen LogP) is 1.07. The zero-order valence-electron chi connectivity index (χ0n) is 11.7. The summed E-state index contributed by atoms with van der Waals surface area (Å²) in [6.07, 6.45) is 0.429. The third-order valence-corrected chi connectivity index (χ3v) is 3.90. The number of nitrogens with one attached hydrogen (secondary N) is 1. The first-order valence-corrected chi connectivity index (χ1v) is 6.95. The van der Waals surface area contributed by atoms with Crippen LogP contribution in [0.5, 0.6) is 0 Å². The average Bonchev–Trinajstić information content (AvgIpc) is 2.80. The van der Waals surface area contributed by atoms with E-state index in [-0.39, 0.29) is 5.91 Å². The number of fused-ring (bicyclic) bond motifs is 1. The Balaban J connectivity index is 1.71. The molecule has 3 rings (SSSR count). The Kier molecular flexibility index (Phi) is 3.36. The molecule has 1 aromatic heterocycles. The molecule has 0 radical (unpaired) electrons. The smallest absolute Gasteiger partial charge is 0.228 e. The minimum atomic E-state index is 0.192. The normalized spacial score (nSPS) is 16.8. The summed E-state index contributed by atoms with van der Waals surface area (Å²) in [7, 11) is 2.09. The number of nitrogens with two attached hydrogens (primary N) is 1. The van der Waals surface area contributed by atoms with E-state index in [2.05, 4.69) is 16.9 Å². The number of amides is 1. The Morgan fingerprint density at radius 2 is 2.00 bits per heavy atom. The minimum absolute atomic E-state index is 0.192. The van der Waals surface area contributed by atoms with Gasteiger partial charge < -0.3 is 20.5 Å². The Bertz CT molecular complexity index is 626. The van der Waals surface area contributed by atoms with Crippen molar-refractivity contribution in [2.24, 2.45) is 0 Å². The summed E-state index contributed by atoms with van der Waals surface area (Å²) >= 11 is 0. The number of hydrogen-bond donors (Lipinski definition) is 2. The number of hydrogen-bond acceptors (Lipinski definition) is 3. The van der Waals surface area contributed by atoms with Crippen molar-refractivity contribution in [1.29, 1.82) is 0 Å². The number of nitrogen functional groups attached to an aromatic ring is 1. The Labute approximate surface area is 118 Å². The van der Waals surface area contributed by atoms with Crippen LogP contribution < -0.4 is 5.73 Å². The highest BCUT2D eigenvalue weighted by atomic mass is 16.2. The third-order valence-electron chi connectivity index (χ3n) is 3.90. The fraction of sp³-hybridized carbons (Fsp3) is 0.400. The van der Waals surface area contributed by atoms with E-state index in [1.54, 1.807) is 0 Å². The molecular weight excluding hydrogens is 252 g/mol. The van der Waals surface area contributed by atoms with Gasteiger partial charge >= 0.3 is 0 Å². The first kappa shape index (κ1) is 13.0. The fourth-order valence-electron chi connectivity index (χ4n) is 2.64. The minimum Gasteiger partial charge on any atom is -0.399 e. The number of aromatic nitrogens is 1. The summed E-state index contributed by atoms with van der Waals surface area (Å²) in [5, 5.41) is 1.06. The van der Waals surface area contributed by atoms with E-state index in [1.165, 1.54) is 0 Å². The number of carbonyl (C=O) groups is 1. The van der Waals surface area contributed by atoms with Crippen LogP contribution in [0.4, 0.5) is 5.69 Å². The molecule has 5 nitrogen and oxygen atoms in total. The van der Waals surface area contributed by atoms with Crippen molar-refractivity contribution >= 4 is 22.5 Å². The van der Waals surface area contributed by atoms with Crippen molar-refractivity contribution in [2.75, 3.05) is 39.0 Å². The van der Waals surface area contributed by atoms with Crippen LogP contribution in [0.1, 0.15) is 5.69 Å². The standard InChI is InChI=1S/C15H20N4O/c1-18-4-6-19(7-5-18)15(20)10-13-9-11-8-12(16)2-3-14(11)17-13/h2-3,8-9,17H,4-7,10,16H2,1H3. The van der Waals surface area contributed by atoms with Crippen LogP contribution in [0.3, 0.4) is 0 Å². The Morgan fingerprint density at radius 1 is 1.25 bits per heavy atom. The number of carbonyl (C=O) groups excluding carboxylic acids is 1. The van der Waals surface area contributed by atoms with Crippen LogP contribution in [0.2, 0.25) is 0 Å². The molecule has 3 N–H and O–H groups in total. The number of anilines is 1. The van der Waals surface area contributed by atoms with Crippen molar-refractivity contribution in [1.82, 2.24) is 14.8 Å². The molecule has 0 atom stereocenters. The number of piperazine rings is 1. The van der Waals surface area contributed by atoms with Crippen molar-refractivity contribution in [2.45, 2.75) is 6.42 Å². The van der Waals surface area contributed by atoms with E-state index in [1.807, 2.05) is 29.2 Å². The van der Waals surface area contributed by atoms with Gasteiger partial charge in [0.2, 0.25) is 5.91 Å². The highest BCUT2D eigenvalue weighted by molar-refractivity contribution is 5.86. The second-order valence-corrected chi connectivity index (χ2v) is 5.50. The molecule has 0 spiro atoms. The lowest BCUT2D eigenvalue weighted by Gasteiger charge is -2.32. The summed E-state index contributed by atoms with van der Waals surface area (Å²) in [4.78, 5) is 19.8. The second kappa shape index (κ2) is 5.17. The summed E-state index contributed by atoms with van der Waals surface area (Å²) in [5.74, 6) is 0.192. The van der Waals surface area contributed by atoms with Gasteiger partial charge in [0.25, 0.3) is 0 Å². The Morgan fingerprint density at radius 3 is 2.75 bits per heavy atom. The second-order valence-electron chi connectivity index (χ2n) is 5.50. The van der Waals surface area contributed by atoms with Gasteiger partial charge in [-0.05, 0) is 31.3 Å². The molecule has 20 heavy (non-hydrogen) atoms. The van der Waals surface area contributed by atoms with Crippen molar-refractivity contribution in [3.8, 4) is 0 Å². The van der Waals surface area contributed by atoms with Gasteiger partial charge in [-0.15, -0.1) is 0 Å². The van der Waals surface area contributed by atoms with E-state index in [0.29, 0.717) is 6.42 Å². The third kappa shape index (κ3) is 2.63. The number of likely N-dealkylation sites (N-methyl/N-ethyl adjacent to an activating group) is 1. The molecule has 1 aliphatic rings. The molecule has 0 aliphatic carbocycles. The summed E-state index contributed by atoms with van der Waals surface area (Å²) in [6, 6.07) is 7.76. The molecule has 1 aromatic carbocycles. The molecule has 1 saturated heterocycles. The number of benzene rings is 1. The number of rotatable bonds is 2. The maximum absolute atomic E-state index is 12.3. The van der Waals surface area contributed by atoms with Crippen LogP contribution in [-0.4, -0.2) is 53.9 Å². The lowest BCUT2D eigenvalue weighted by Crippen LogP contribution is -2.47. The van der Waals surface area contributed by atoms with E-state index in [0.717, 1.165) is 48.5 Å². The molecule has 0 saturated carbocycles. The molecule has 0 unspecified atom stereocenters. The highest BCUT2D eigenvalue weighted by Gasteiger charge is 2.19. The van der Waals surface area contributed by atoms with E-state index >= 15 is 0 Å². The van der Waals surface area contributed by atoms with Crippen LogP contribution in [0.25, 0.3) is 10.9 Å². The highest BCUT2D eigenvalue weighted by Crippen LogP contribution is 2.19. The van der Waals surface area contributed by atoms with Gasteiger partial charge in [0.1, 0.15) is 0 Å². The lowest BCUT2D eigenvalue weighted by atomic mass is 10.2. The first-order chi connectivity index (χ1) is 9.61. The summed E-state index contributed by atoms with van der Waals surface area (Å²) in [6.45, 7) is 3.55. The molecule has 5 heteroatoms. The first-order valence-electron chi connectivity index (χ1n) is 6.95. The van der Waals surface area contributed by atoms with Gasteiger partial charge in [-0.1, -0.05) is 0 Å². The topological polar surface area (TPSA) is 65.4 Å². The molecule has 1 aliphatic heterocycles. The maximum Gasteiger partial charge on any atom is 0.228 e. The van der Waals surface area contributed by atoms with E-state index in [9.17, 15) is 4.79 Å². The number of H-pyrrole nitrogens is 1. The summed E-state index contributed by atoms with van der Waals surface area (Å²) in [5.41, 5.74) is 8.50. The molecule has 0 bridgehead atoms. The quantitative estimate of drug-likeness (QED) is 0.804.